The topological polar surface area (TPSA) is 125 Å². The average molecular weight is 760 g/mol. The van der Waals surface area contributed by atoms with Gasteiger partial charge in [0.1, 0.15) is 11.4 Å². The van der Waals surface area contributed by atoms with Crippen molar-refractivity contribution >= 4 is 29.2 Å². The fraction of sp³-hybridized carbons (Fsp3) is 0.630. The van der Waals surface area contributed by atoms with Crippen molar-refractivity contribution in [1.82, 2.24) is 15.5 Å². The van der Waals surface area contributed by atoms with Crippen LogP contribution in [-0.4, -0.2) is 79.0 Å². The Labute approximate surface area is 331 Å². The highest BCUT2D eigenvalue weighted by Gasteiger charge is 2.50. The number of Topliss-reactive ketones (excluding diaryl/α,β-unsaturated/α-hetero) is 3. The summed E-state index contributed by atoms with van der Waals surface area (Å²) in [6.07, 6.45) is 7.94. The van der Waals surface area contributed by atoms with E-state index in [1.165, 1.54) is 0 Å². The molecule has 0 radical (unpaired) electrons. The summed E-state index contributed by atoms with van der Waals surface area (Å²) in [6.45, 7) is 11.1. The summed E-state index contributed by atoms with van der Waals surface area (Å²) in [7, 11) is 4.15. The Bertz CT molecular complexity index is 1490. The molecule has 0 spiro atoms. The summed E-state index contributed by atoms with van der Waals surface area (Å²) >= 11 is 0. The van der Waals surface area contributed by atoms with E-state index in [4.69, 9.17) is 4.74 Å². The smallest absolute Gasteiger partial charge is 0.224 e. The van der Waals surface area contributed by atoms with E-state index in [-0.39, 0.29) is 53.8 Å². The van der Waals surface area contributed by atoms with E-state index in [0.717, 1.165) is 49.8 Å². The summed E-state index contributed by atoms with van der Waals surface area (Å²) in [5.74, 6) is -2.06. The minimum Gasteiger partial charge on any atom is -0.361 e. The van der Waals surface area contributed by atoms with E-state index in [1.54, 1.807) is 6.92 Å². The van der Waals surface area contributed by atoms with Crippen LogP contribution in [0.15, 0.2) is 60.7 Å². The molecule has 2 N–H and O–H groups in total. The predicted octanol–water partition coefficient (Wildman–Crippen LogP) is 7.33. The van der Waals surface area contributed by atoms with Crippen LogP contribution in [0.4, 0.5) is 0 Å². The summed E-state index contributed by atoms with van der Waals surface area (Å²) in [5.41, 5.74) is 1.10. The Morgan fingerprint density at radius 2 is 1.24 bits per heavy atom. The number of nitrogens with one attached hydrogen (secondary N) is 2. The molecule has 0 saturated carbocycles. The zero-order valence-electron chi connectivity index (χ0n) is 34.7. The van der Waals surface area contributed by atoms with Gasteiger partial charge in [0.15, 0.2) is 11.6 Å². The maximum atomic E-state index is 14.2. The van der Waals surface area contributed by atoms with Gasteiger partial charge in [-0.15, -0.1) is 0 Å². The predicted molar refractivity (Wildman–Crippen MR) is 220 cm³/mol. The molecular weight excluding hydrogens is 691 g/mol. The first-order valence-corrected chi connectivity index (χ1v) is 20.7. The summed E-state index contributed by atoms with van der Waals surface area (Å²) < 4.78 is 5.44. The number of benzene rings is 2. The monoisotopic (exact) mass is 760 g/mol. The first-order chi connectivity index (χ1) is 26.2. The number of rotatable bonds is 28. The fourth-order valence-corrected chi connectivity index (χ4v) is 7.15. The summed E-state index contributed by atoms with van der Waals surface area (Å²) in [6, 6.07) is 17.9. The molecule has 1 unspecified atom stereocenters. The lowest BCUT2D eigenvalue weighted by Gasteiger charge is -2.27. The third-order valence-corrected chi connectivity index (χ3v) is 10.5. The van der Waals surface area contributed by atoms with Gasteiger partial charge < -0.3 is 20.3 Å². The van der Waals surface area contributed by atoms with Gasteiger partial charge >= 0.3 is 0 Å². The van der Waals surface area contributed by atoms with Crippen LogP contribution >= 0.6 is 0 Å². The van der Waals surface area contributed by atoms with Crippen LogP contribution in [0.25, 0.3) is 0 Å². The zero-order valence-corrected chi connectivity index (χ0v) is 34.7. The van der Waals surface area contributed by atoms with Crippen molar-refractivity contribution in [2.45, 2.75) is 136 Å². The molecule has 0 aromatic heterocycles. The number of carbonyl (C=O) groups is 5. The molecule has 0 bridgehead atoms. The first-order valence-electron chi connectivity index (χ1n) is 20.7. The second-order valence-electron chi connectivity index (χ2n) is 17.1. The summed E-state index contributed by atoms with van der Waals surface area (Å²) in [4.78, 5) is 71.2. The van der Waals surface area contributed by atoms with Crippen LogP contribution in [0.2, 0.25) is 0 Å². The van der Waals surface area contributed by atoms with E-state index in [2.05, 4.69) is 29.6 Å². The Morgan fingerprint density at radius 1 is 0.709 bits per heavy atom. The van der Waals surface area contributed by atoms with Crippen molar-refractivity contribution in [1.29, 1.82) is 0 Å². The maximum Gasteiger partial charge on any atom is 0.224 e. The van der Waals surface area contributed by atoms with Crippen LogP contribution in [-0.2, 0) is 41.6 Å². The molecule has 55 heavy (non-hydrogen) atoms. The number of carbonyl (C=O) groups excluding carboxylic acids is 5. The number of unbranched alkanes of at least 4 members (excludes halogenated alkanes) is 4. The van der Waals surface area contributed by atoms with Gasteiger partial charge in [-0.25, -0.2) is 0 Å². The molecule has 1 aliphatic rings. The minimum atomic E-state index is -0.894. The molecule has 1 fully saturated rings. The summed E-state index contributed by atoms with van der Waals surface area (Å²) in [5, 5.41) is 6.06. The standard InChI is InChI=1S/C46H69N3O6/c1-33(2)27-40(47-44(53)37(25-24-35-19-13-11-14-20-35)30-39(50)23-17-9-8-10-18-26-49(6)7)42(51)31-38(29-36-21-15-12-16-22-36)45(54)48-41(28-34(3)4)43(52)46(5)32-55-46/h11-16,19-22,33-34,37-38,40-41H,8-10,17-18,23-32H2,1-7H3,(H,47,53)(H,48,54)/t37?,38-,40+,41+,46-/m1/s1. The molecule has 0 aliphatic carbocycles. The molecule has 304 valence electrons. The Hall–Kier alpha value is -3.69. The molecule has 1 saturated heterocycles. The number of amides is 2. The van der Waals surface area contributed by atoms with Gasteiger partial charge in [-0.1, -0.05) is 108 Å². The Kier molecular flexibility index (Phi) is 19.4. The average Bonchev–Trinajstić information content (AvgIpc) is 3.90. The number of ether oxygens (including phenoxy) is 1. The third kappa shape index (κ3) is 17.3. The van der Waals surface area contributed by atoms with E-state index in [9.17, 15) is 24.0 Å². The van der Waals surface area contributed by atoms with Gasteiger partial charge in [0, 0.05) is 31.1 Å². The molecule has 3 rings (SSSR count). The van der Waals surface area contributed by atoms with Gasteiger partial charge in [0.2, 0.25) is 11.8 Å². The third-order valence-electron chi connectivity index (χ3n) is 10.5. The highest BCUT2D eigenvalue weighted by molar-refractivity contribution is 5.98. The van der Waals surface area contributed by atoms with E-state index in [0.29, 0.717) is 45.1 Å². The van der Waals surface area contributed by atoms with E-state index >= 15 is 0 Å². The van der Waals surface area contributed by atoms with Crippen LogP contribution < -0.4 is 10.6 Å². The molecule has 2 amide bonds. The lowest BCUT2D eigenvalue weighted by Crippen LogP contribution is -2.50. The molecular formula is C46H69N3O6. The molecule has 2 aromatic rings. The Balaban J connectivity index is 1.75. The highest BCUT2D eigenvalue weighted by atomic mass is 16.6. The largest absolute Gasteiger partial charge is 0.361 e. The van der Waals surface area contributed by atoms with Crippen LogP contribution in [0.1, 0.15) is 116 Å². The lowest BCUT2D eigenvalue weighted by atomic mass is 9.87. The first kappa shape index (κ1) is 45.7. The van der Waals surface area contributed by atoms with Crippen molar-refractivity contribution in [2.75, 3.05) is 27.2 Å². The van der Waals surface area contributed by atoms with Crippen molar-refractivity contribution in [2.24, 2.45) is 23.7 Å². The molecule has 1 aliphatic heterocycles. The molecule has 9 nitrogen and oxygen atoms in total. The number of nitrogens with zero attached hydrogens (tertiary/aromatic N) is 1. The maximum absolute atomic E-state index is 14.2. The van der Waals surface area contributed by atoms with Crippen LogP contribution in [0.3, 0.4) is 0 Å². The van der Waals surface area contributed by atoms with Gasteiger partial charge in [0.25, 0.3) is 0 Å². The van der Waals surface area contributed by atoms with Gasteiger partial charge in [0.05, 0.1) is 18.7 Å². The van der Waals surface area contributed by atoms with Crippen LogP contribution in [0, 0.1) is 23.7 Å². The van der Waals surface area contributed by atoms with Crippen molar-refractivity contribution < 1.29 is 28.7 Å². The quantitative estimate of drug-likeness (QED) is 0.0688. The molecule has 2 aromatic carbocycles. The number of hydrogen-bond acceptors (Lipinski definition) is 7. The normalized spacial score (nSPS) is 17.4. The van der Waals surface area contributed by atoms with Gasteiger partial charge in [-0.2, -0.15) is 0 Å². The molecule has 5 atom stereocenters. The van der Waals surface area contributed by atoms with E-state index < -0.39 is 29.5 Å². The molecule has 1 heterocycles. The van der Waals surface area contributed by atoms with Gasteiger partial charge in [-0.05, 0) is 95.5 Å². The molecule has 9 heteroatoms. The van der Waals surface area contributed by atoms with Crippen molar-refractivity contribution in [3.8, 4) is 0 Å². The SMILES string of the molecule is CC(C)C[C@H](NC(=O)C(CCc1ccccc1)CC(=O)CCCCCCCN(C)C)C(=O)C[C@@H](Cc1ccccc1)C(=O)N[C@@H](CC(C)C)C(=O)[C@@]1(C)CO1. The number of ketones is 3. The second kappa shape index (κ2) is 23.4. The van der Waals surface area contributed by atoms with Crippen LogP contribution in [0.5, 0.6) is 0 Å². The fourth-order valence-electron chi connectivity index (χ4n) is 7.15. The van der Waals surface area contributed by atoms with Crippen molar-refractivity contribution in [3.05, 3.63) is 71.8 Å². The van der Waals surface area contributed by atoms with Crippen molar-refractivity contribution in [3.63, 3.8) is 0 Å². The number of aryl methyl sites for hydroxylation is 1. The number of epoxide rings is 1. The second-order valence-corrected chi connectivity index (χ2v) is 17.1. The number of hydrogen-bond donors (Lipinski definition) is 2. The van der Waals surface area contributed by atoms with E-state index in [1.807, 2.05) is 88.4 Å². The highest BCUT2D eigenvalue weighted by Crippen LogP contribution is 2.30. The van der Waals surface area contributed by atoms with Gasteiger partial charge in [-0.3, -0.25) is 24.0 Å². The zero-order chi connectivity index (χ0) is 40.4. The Morgan fingerprint density at radius 3 is 1.82 bits per heavy atom. The minimum absolute atomic E-state index is 0.0730. The lowest BCUT2D eigenvalue weighted by molar-refractivity contribution is -0.135.